The fourth-order valence-corrected chi connectivity index (χ4v) is 1.67. The summed E-state index contributed by atoms with van der Waals surface area (Å²) in [6.45, 7) is 4.56. The monoisotopic (exact) mass is 214 g/mol. The van der Waals surface area contributed by atoms with Gasteiger partial charge in [-0.15, -0.1) is 0 Å². The van der Waals surface area contributed by atoms with E-state index in [1.54, 1.807) is 4.90 Å². The number of hydrogen-bond acceptors (Lipinski definition) is 3. The summed E-state index contributed by atoms with van der Waals surface area (Å²) in [5.41, 5.74) is 5.67. The quantitative estimate of drug-likeness (QED) is 0.704. The fraction of sp³-hybridized carbons (Fsp3) is 0.909. The van der Waals surface area contributed by atoms with Gasteiger partial charge >= 0.3 is 0 Å². The second kappa shape index (κ2) is 5.47. The van der Waals surface area contributed by atoms with Crippen molar-refractivity contribution in [2.24, 2.45) is 11.7 Å². The van der Waals surface area contributed by atoms with E-state index >= 15 is 0 Å². The Balaban J connectivity index is 2.36. The van der Waals surface area contributed by atoms with E-state index in [0.717, 1.165) is 0 Å². The molecule has 1 aliphatic rings. The molecular formula is C11H22N2O2. The van der Waals surface area contributed by atoms with Gasteiger partial charge in [-0.05, 0) is 32.6 Å². The molecule has 0 spiro atoms. The van der Waals surface area contributed by atoms with Gasteiger partial charge in [-0.1, -0.05) is 0 Å². The molecule has 0 radical (unpaired) electrons. The van der Waals surface area contributed by atoms with E-state index < -0.39 is 0 Å². The lowest BCUT2D eigenvalue weighted by Crippen LogP contribution is -2.45. The van der Waals surface area contributed by atoms with E-state index in [0.29, 0.717) is 12.5 Å². The highest BCUT2D eigenvalue weighted by Gasteiger charge is 2.34. The molecule has 0 heterocycles. The molecule has 0 aromatic rings. The first-order chi connectivity index (χ1) is 7.06. The van der Waals surface area contributed by atoms with Gasteiger partial charge in [-0.25, -0.2) is 0 Å². The number of rotatable bonds is 6. The van der Waals surface area contributed by atoms with Crippen LogP contribution in [0.25, 0.3) is 0 Å². The molecule has 0 aliphatic heterocycles. The number of hydrogen-bond donors (Lipinski definition) is 1. The Morgan fingerprint density at radius 1 is 1.53 bits per heavy atom. The number of carbonyl (C=O) groups is 1. The predicted molar refractivity (Wildman–Crippen MR) is 59.4 cm³/mol. The molecule has 1 fully saturated rings. The van der Waals surface area contributed by atoms with Crippen molar-refractivity contribution >= 4 is 5.91 Å². The molecule has 4 nitrogen and oxygen atoms in total. The molecule has 0 bridgehead atoms. The minimum absolute atomic E-state index is 0.0334. The summed E-state index contributed by atoms with van der Waals surface area (Å²) in [6.07, 6.45) is 2.49. The summed E-state index contributed by atoms with van der Waals surface area (Å²) in [5, 5.41) is 0. The van der Waals surface area contributed by atoms with Crippen LogP contribution in [0.15, 0.2) is 0 Å². The minimum atomic E-state index is 0.0334. The topological polar surface area (TPSA) is 55.6 Å². The smallest absolute Gasteiger partial charge is 0.248 e. The molecule has 1 amide bonds. The van der Waals surface area contributed by atoms with E-state index in [4.69, 9.17) is 10.5 Å². The van der Waals surface area contributed by atoms with Crippen LogP contribution in [0.5, 0.6) is 0 Å². The highest BCUT2D eigenvalue weighted by atomic mass is 16.5. The first-order valence-electron chi connectivity index (χ1n) is 5.63. The molecule has 15 heavy (non-hydrogen) atoms. The van der Waals surface area contributed by atoms with Crippen LogP contribution in [-0.4, -0.2) is 43.2 Å². The van der Waals surface area contributed by atoms with Gasteiger partial charge < -0.3 is 15.4 Å². The Morgan fingerprint density at radius 3 is 2.53 bits per heavy atom. The van der Waals surface area contributed by atoms with Gasteiger partial charge in [-0.3, -0.25) is 4.79 Å². The first-order valence-corrected chi connectivity index (χ1v) is 5.63. The van der Waals surface area contributed by atoms with Crippen molar-refractivity contribution in [3.63, 3.8) is 0 Å². The Morgan fingerprint density at radius 2 is 2.13 bits per heavy atom. The molecular weight excluding hydrogens is 192 g/mol. The zero-order chi connectivity index (χ0) is 11.4. The van der Waals surface area contributed by atoms with Crippen molar-refractivity contribution < 1.29 is 9.53 Å². The summed E-state index contributed by atoms with van der Waals surface area (Å²) in [5.74, 6) is 0.647. The average Bonchev–Trinajstić information content (AvgIpc) is 2.99. The van der Waals surface area contributed by atoms with Gasteiger partial charge in [0.1, 0.15) is 6.61 Å². The van der Waals surface area contributed by atoms with Gasteiger partial charge in [0.15, 0.2) is 0 Å². The van der Waals surface area contributed by atoms with E-state index in [-0.39, 0.29) is 24.7 Å². The Hall–Kier alpha value is -0.610. The number of amides is 1. The second-order valence-corrected chi connectivity index (χ2v) is 4.50. The second-order valence-electron chi connectivity index (χ2n) is 4.50. The summed E-state index contributed by atoms with van der Waals surface area (Å²) in [7, 11) is 1.82. The number of nitrogens with zero attached hydrogens (tertiary/aromatic N) is 1. The Bertz CT molecular complexity index is 215. The van der Waals surface area contributed by atoms with Crippen LogP contribution in [0.1, 0.15) is 26.7 Å². The molecule has 0 aromatic heterocycles. The number of likely N-dealkylation sites (N-methyl/N-ethyl adjacent to an activating group) is 1. The van der Waals surface area contributed by atoms with Gasteiger partial charge in [0, 0.05) is 19.6 Å². The number of carbonyl (C=O) groups excluding carboxylic acids is 1. The van der Waals surface area contributed by atoms with Gasteiger partial charge in [0.25, 0.3) is 0 Å². The highest BCUT2D eigenvalue weighted by molar-refractivity contribution is 5.77. The van der Waals surface area contributed by atoms with Gasteiger partial charge in [0.2, 0.25) is 5.91 Å². The summed E-state index contributed by atoms with van der Waals surface area (Å²) in [4.78, 5) is 13.5. The van der Waals surface area contributed by atoms with Crippen LogP contribution in [0, 0.1) is 5.92 Å². The number of nitrogens with two attached hydrogens (primary N) is 1. The third-order valence-corrected chi connectivity index (χ3v) is 2.84. The normalized spacial score (nSPS) is 17.9. The van der Waals surface area contributed by atoms with Gasteiger partial charge in [0.05, 0.1) is 6.10 Å². The van der Waals surface area contributed by atoms with Crippen molar-refractivity contribution in [1.82, 2.24) is 4.90 Å². The fourth-order valence-electron chi connectivity index (χ4n) is 1.67. The standard InChI is InChI=1S/C11H22N2O2/c1-8(2)15-7-11(14)13(3)10(6-12)9-4-5-9/h8-10H,4-7,12H2,1-3H3. The van der Waals surface area contributed by atoms with Crippen LogP contribution < -0.4 is 5.73 Å². The van der Waals surface area contributed by atoms with Crippen molar-refractivity contribution in [2.45, 2.75) is 38.8 Å². The SMILES string of the molecule is CC(C)OCC(=O)N(C)C(CN)C1CC1. The third-order valence-electron chi connectivity index (χ3n) is 2.84. The van der Waals surface area contributed by atoms with Crippen LogP contribution in [-0.2, 0) is 9.53 Å². The molecule has 1 rings (SSSR count). The summed E-state index contributed by atoms with van der Waals surface area (Å²) < 4.78 is 5.29. The molecule has 1 saturated carbocycles. The van der Waals surface area contributed by atoms with E-state index in [2.05, 4.69) is 0 Å². The maximum atomic E-state index is 11.7. The Kier molecular flexibility index (Phi) is 4.54. The van der Waals surface area contributed by atoms with Crippen molar-refractivity contribution in [2.75, 3.05) is 20.2 Å². The van der Waals surface area contributed by atoms with Crippen molar-refractivity contribution in [3.05, 3.63) is 0 Å². The molecule has 4 heteroatoms. The molecule has 2 N–H and O–H groups in total. The van der Waals surface area contributed by atoms with Crippen LogP contribution in [0.4, 0.5) is 0 Å². The van der Waals surface area contributed by atoms with Crippen LogP contribution in [0.3, 0.4) is 0 Å². The molecule has 88 valence electrons. The minimum Gasteiger partial charge on any atom is -0.369 e. The lowest BCUT2D eigenvalue weighted by molar-refractivity contribution is -0.138. The molecule has 0 aromatic carbocycles. The highest BCUT2D eigenvalue weighted by Crippen LogP contribution is 2.34. The predicted octanol–water partition coefficient (Wildman–Crippen LogP) is 0.607. The summed E-state index contributed by atoms with van der Waals surface area (Å²) in [6, 6.07) is 0.202. The third kappa shape index (κ3) is 3.80. The lowest BCUT2D eigenvalue weighted by Gasteiger charge is -2.27. The zero-order valence-electron chi connectivity index (χ0n) is 9.90. The van der Waals surface area contributed by atoms with E-state index in [1.807, 2.05) is 20.9 Å². The summed E-state index contributed by atoms with van der Waals surface area (Å²) >= 11 is 0. The maximum absolute atomic E-state index is 11.7. The molecule has 0 saturated heterocycles. The maximum Gasteiger partial charge on any atom is 0.248 e. The van der Waals surface area contributed by atoms with Crippen LogP contribution in [0.2, 0.25) is 0 Å². The first kappa shape index (κ1) is 12.5. The van der Waals surface area contributed by atoms with Crippen molar-refractivity contribution in [1.29, 1.82) is 0 Å². The van der Waals surface area contributed by atoms with E-state index in [9.17, 15) is 4.79 Å². The molecule has 1 unspecified atom stereocenters. The average molecular weight is 214 g/mol. The van der Waals surface area contributed by atoms with E-state index in [1.165, 1.54) is 12.8 Å². The van der Waals surface area contributed by atoms with Gasteiger partial charge in [-0.2, -0.15) is 0 Å². The Labute approximate surface area is 91.8 Å². The largest absolute Gasteiger partial charge is 0.369 e. The zero-order valence-corrected chi connectivity index (χ0v) is 9.90. The molecule has 1 aliphatic carbocycles. The molecule has 1 atom stereocenters. The number of ether oxygens (including phenoxy) is 1. The van der Waals surface area contributed by atoms with Crippen LogP contribution >= 0.6 is 0 Å². The van der Waals surface area contributed by atoms with Crippen molar-refractivity contribution in [3.8, 4) is 0 Å². The lowest BCUT2D eigenvalue weighted by atomic mass is 10.1.